The van der Waals surface area contributed by atoms with E-state index in [1.807, 2.05) is 24.3 Å². The number of ether oxygens (including phenoxy) is 1. The highest BCUT2D eigenvalue weighted by Crippen LogP contribution is 2.33. The van der Waals surface area contributed by atoms with E-state index in [0.717, 1.165) is 19.3 Å². The number of nitriles is 1. The van der Waals surface area contributed by atoms with Gasteiger partial charge in [0.05, 0.1) is 23.9 Å². The number of carbonyl (C=O) groups excluding carboxylic acids is 3. The van der Waals surface area contributed by atoms with Crippen LogP contribution >= 0.6 is 0 Å². The summed E-state index contributed by atoms with van der Waals surface area (Å²) >= 11 is 0. The van der Waals surface area contributed by atoms with Gasteiger partial charge in [0.15, 0.2) is 11.7 Å². The number of hydrogen-bond donors (Lipinski definition) is 1. The zero-order chi connectivity index (χ0) is 21.3. The monoisotopic (exact) mass is 400 g/mol. The molecule has 0 heterocycles. The molecule has 0 aliphatic heterocycles. The number of benzene rings is 2. The largest absolute Gasteiger partial charge is 0.465 e. The maximum Gasteiger partial charge on any atom is 0.328 e. The highest BCUT2D eigenvalue weighted by Gasteiger charge is 2.40. The van der Waals surface area contributed by atoms with E-state index in [-0.39, 0.29) is 29.0 Å². The standard InChI is InChI=1S/C24H20N2O4/c1-2-30-24(29)19(13-25)20-21(23(28)18-9-4-3-8-17(18)22(20)27)26-16-11-10-14-6-5-7-15(14)12-16/h3-4,8-12,19,26H,2,5-7H2,1H3. The van der Waals surface area contributed by atoms with E-state index in [1.165, 1.54) is 17.2 Å². The second-order valence-electron chi connectivity index (χ2n) is 7.27. The fraction of sp³-hybridized carbons (Fsp3) is 0.250. The summed E-state index contributed by atoms with van der Waals surface area (Å²) < 4.78 is 4.99. The van der Waals surface area contributed by atoms with Gasteiger partial charge < -0.3 is 10.1 Å². The fourth-order valence-electron chi connectivity index (χ4n) is 4.05. The maximum absolute atomic E-state index is 13.3. The van der Waals surface area contributed by atoms with Crippen molar-refractivity contribution in [1.82, 2.24) is 0 Å². The van der Waals surface area contributed by atoms with Gasteiger partial charge in [-0.2, -0.15) is 5.26 Å². The van der Waals surface area contributed by atoms with Gasteiger partial charge in [0, 0.05) is 16.8 Å². The van der Waals surface area contributed by atoms with Gasteiger partial charge in [-0.15, -0.1) is 0 Å². The van der Waals surface area contributed by atoms with Gasteiger partial charge in [0.1, 0.15) is 0 Å². The Morgan fingerprint density at radius 3 is 2.50 bits per heavy atom. The number of fused-ring (bicyclic) bond motifs is 2. The van der Waals surface area contributed by atoms with Crippen molar-refractivity contribution < 1.29 is 19.1 Å². The molecule has 2 aromatic carbocycles. The van der Waals surface area contributed by atoms with Gasteiger partial charge >= 0.3 is 5.97 Å². The Hall–Kier alpha value is -3.72. The normalized spacial score (nSPS) is 15.9. The number of carbonyl (C=O) groups is 3. The summed E-state index contributed by atoms with van der Waals surface area (Å²) in [5, 5.41) is 12.7. The van der Waals surface area contributed by atoms with Crippen LogP contribution in [0, 0.1) is 17.2 Å². The van der Waals surface area contributed by atoms with E-state index in [9.17, 15) is 19.6 Å². The molecule has 0 saturated heterocycles. The van der Waals surface area contributed by atoms with E-state index in [1.54, 1.807) is 25.1 Å². The lowest BCUT2D eigenvalue weighted by Gasteiger charge is -2.24. The van der Waals surface area contributed by atoms with Crippen molar-refractivity contribution >= 4 is 23.2 Å². The number of aryl methyl sites for hydroxylation is 2. The first-order chi connectivity index (χ1) is 14.5. The van der Waals surface area contributed by atoms with Crippen molar-refractivity contribution in [3.63, 3.8) is 0 Å². The van der Waals surface area contributed by atoms with Crippen molar-refractivity contribution in [2.24, 2.45) is 5.92 Å². The lowest BCUT2D eigenvalue weighted by molar-refractivity contribution is -0.144. The van der Waals surface area contributed by atoms with Crippen LogP contribution in [-0.4, -0.2) is 24.1 Å². The quantitative estimate of drug-likeness (QED) is 0.770. The number of nitrogens with zero attached hydrogens (tertiary/aromatic N) is 1. The molecule has 0 amide bonds. The van der Waals surface area contributed by atoms with Gasteiger partial charge in [-0.05, 0) is 49.4 Å². The molecule has 0 spiro atoms. The van der Waals surface area contributed by atoms with Gasteiger partial charge in [-0.25, -0.2) is 0 Å². The number of hydrogen-bond acceptors (Lipinski definition) is 6. The molecule has 6 nitrogen and oxygen atoms in total. The summed E-state index contributed by atoms with van der Waals surface area (Å²) in [6.07, 6.45) is 3.06. The molecule has 0 bridgehead atoms. The second-order valence-corrected chi connectivity index (χ2v) is 7.27. The van der Waals surface area contributed by atoms with E-state index < -0.39 is 23.5 Å². The maximum atomic E-state index is 13.3. The number of rotatable bonds is 5. The van der Waals surface area contributed by atoms with Gasteiger partial charge in [-0.3, -0.25) is 14.4 Å². The third kappa shape index (κ3) is 3.29. The Morgan fingerprint density at radius 1 is 1.10 bits per heavy atom. The minimum atomic E-state index is -1.49. The first-order valence-corrected chi connectivity index (χ1v) is 9.92. The molecule has 0 saturated carbocycles. The molecule has 1 N–H and O–H groups in total. The second kappa shape index (κ2) is 7.96. The van der Waals surface area contributed by atoms with E-state index in [2.05, 4.69) is 5.32 Å². The lowest BCUT2D eigenvalue weighted by atomic mass is 9.81. The minimum absolute atomic E-state index is 0.0451. The molecule has 4 rings (SSSR count). The summed E-state index contributed by atoms with van der Waals surface area (Å²) in [5.41, 5.74) is 3.32. The number of ketones is 2. The summed E-state index contributed by atoms with van der Waals surface area (Å²) in [6.45, 7) is 1.68. The molecule has 2 aliphatic rings. The summed E-state index contributed by atoms with van der Waals surface area (Å²) in [5.74, 6) is -3.28. The molecule has 0 fully saturated rings. The smallest absolute Gasteiger partial charge is 0.328 e. The highest BCUT2D eigenvalue weighted by atomic mass is 16.5. The molecule has 0 radical (unpaired) electrons. The Morgan fingerprint density at radius 2 is 1.80 bits per heavy atom. The van der Waals surface area contributed by atoms with Crippen molar-refractivity contribution in [2.45, 2.75) is 26.2 Å². The molecule has 2 aromatic rings. The molecule has 0 aromatic heterocycles. The Bertz CT molecular complexity index is 1140. The minimum Gasteiger partial charge on any atom is -0.465 e. The highest BCUT2D eigenvalue weighted by molar-refractivity contribution is 6.29. The number of nitrogens with one attached hydrogen (secondary N) is 1. The van der Waals surface area contributed by atoms with Crippen LogP contribution in [0.15, 0.2) is 53.7 Å². The number of Topliss-reactive ketones (excluding diaryl/α,β-unsaturated/α-hetero) is 2. The van der Waals surface area contributed by atoms with Crippen molar-refractivity contribution in [3.8, 4) is 6.07 Å². The van der Waals surface area contributed by atoms with E-state index in [4.69, 9.17) is 4.74 Å². The van der Waals surface area contributed by atoms with Crippen LogP contribution in [0.5, 0.6) is 0 Å². The summed E-state index contributed by atoms with van der Waals surface area (Å²) in [6, 6.07) is 14.1. The van der Waals surface area contributed by atoms with Crippen LogP contribution in [-0.2, 0) is 22.4 Å². The first kappa shape index (κ1) is 19.6. The van der Waals surface area contributed by atoms with Gasteiger partial charge in [0.25, 0.3) is 0 Å². The van der Waals surface area contributed by atoms with Crippen molar-refractivity contribution in [3.05, 3.63) is 76.0 Å². The average molecular weight is 400 g/mol. The zero-order valence-corrected chi connectivity index (χ0v) is 16.5. The average Bonchev–Trinajstić information content (AvgIpc) is 3.22. The fourth-order valence-corrected chi connectivity index (χ4v) is 4.05. The van der Waals surface area contributed by atoms with E-state index in [0.29, 0.717) is 5.69 Å². The topological polar surface area (TPSA) is 96.3 Å². The Labute approximate surface area is 174 Å². The summed E-state index contributed by atoms with van der Waals surface area (Å²) in [7, 11) is 0. The summed E-state index contributed by atoms with van der Waals surface area (Å²) in [4.78, 5) is 38.9. The van der Waals surface area contributed by atoms with Crippen molar-refractivity contribution in [2.75, 3.05) is 11.9 Å². The van der Waals surface area contributed by atoms with Crippen LogP contribution in [0.1, 0.15) is 45.2 Å². The van der Waals surface area contributed by atoms with Crippen LogP contribution in [0.2, 0.25) is 0 Å². The zero-order valence-electron chi connectivity index (χ0n) is 16.5. The van der Waals surface area contributed by atoms with E-state index >= 15 is 0 Å². The van der Waals surface area contributed by atoms with Crippen LogP contribution in [0.3, 0.4) is 0 Å². The molecule has 2 aliphatic carbocycles. The molecule has 6 heteroatoms. The molecule has 1 atom stereocenters. The van der Waals surface area contributed by atoms with Gasteiger partial charge in [0.2, 0.25) is 5.78 Å². The predicted octanol–water partition coefficient (Wildman–Crippen LogP) is 3.62. The number of esters is 1. The SMILES string of the molecule is CCOC(=O)C(C#N)C1=C(Nc2ccc3c(c2)CCC3)C(=O)c2ccccc2C1=O. The molecule has 30 heavy (non-hydrogen) atoms. The lowest BCUT2D eigenvalue weighted by Crippen LogP contribution is -2.32. The number of allylic oxidation sites excluding steroid dienone is 1. The Kier molecular flexibility index (Phi) is 5.20. The molecule has 1 unspecified atom stereocenters. The van der Waals surface area contributed by atoms with Crippen molar-refractivity contribution in [1.29, 1.82) is 5.26 Å². The molecule has 150 valence electrons. The number of anilines is 1. The van der Waals surface area contributed by atoms with Crippen LogP contribution < -0.4 is 5.32 Å². The Balaban J connectivity index is 1.84. The van der Waals surface area contributed by atoms with Crippen LogP contribution in [0.4, 0.5) is 5.69 Å². The molecular formula is C24H20N2O4. The predicted molar refractivity (Wildman–Crippen MR) is 110 cm³/mol. The first-order valence-electron chi connectivity index (χ1n) is 9.92. The van der Waals surface area contributed by atoms with Crippen LogP contribution in [0.25, 0.3) is 0 Å². The molecular weight excluding hydrogens is 380 g/mol. The third-order valence-electron chi connectivity index (χ3n) is 5.47. The third-order valence-corrected chi connectivity index (χ3v) is 5.47. The van der Waals surface area contributed by atoms with Gasteiger partial charge in [-0.1, -0.05) is 30.3 Å².